The molecular formula is C20H22O6. The van der Waals surface area contributed by atoms with E-state index < -0.39 is 35.7 Å². The molecule has 0 unspecified atom stereocenters. The summed E-state index contributed by atoms with van der Waals surface area (Å²) in [6.07, 6.45) is 2.08. The fraction of sp³-hybridized carbons (Fsp3) is 0.450. The highest BCUT2D eigenvalue weighted by Gasteiger charge is 2.52. The van der Waals surface area contributed by atoms with E-state index >= 15 is 0 Å². The van der Waals surface area contributed by atoms with Gasteiger partial charge in [0.15, 0.2) is 5.60 Å². The molecule has 0 aliphatic carbocycles. The summed E-state index contributed by atoms with van der Waals surface area (Å²) in [5.74, 6) is -1.41. The van der Waals surface area contributed by atoms with Crippen LogP contribution in [0, 0.1) is 5.92 Å². The summed E-state index contributed by atoms with van der Waals surface area (Å²) in [6, 6.07) is 0. The number of ether oxygens (including phenoxy) is 3. The topological polar surface area (TPSA) is 78.9 Å². The third-order valence-electron chi connectivity index (χ3n) is 5.24. The van der Waals surface area contributed by atoms with Crippen molar-refractivity contribution >= 4 is 17.7 Å². The van der Waals surface area contributed by atoms with Gasteiger partial charge in [-0.25, -0.2) is 9.59 Å². The van der Waals surface area contributed by atoms with Gasteiger partial charge in [-0.05, 0) is 26.3 Å². The average Bonchev–Trinajstić information content (AvgIpc) is 3.03. The zero-order valence-electron chi connectivity index (χ0n) is 15.2. The SMILES string of the molecule is C=C1C[C@@H]2OC(=O)C(=C)[C@@H]2[C@H](OC(=O)/C(C)=C\C)C[C@@]2(C)OC1=CC2=O. The largest absolute Gasteiger partial charge is 0.479 e. The summed E-state index contributed by atoms with van der Waals surface area (Å²) >= 11 is 0. The molecule has 138 valence electrons. The normalized spacial score (nSPS) is 34.2. The van der Waals surface area contributed by atoms with Crippen LogP contribution in [-0.4, -0.2) is 35.5 Å². The maximum absolute atomic E-state index is 12.5. The lowest BCUT2D eigenvalue weighted by molar-refractivity contribution is -0.153. The second kappa shape index (κ2) is 6.27. The van der Waals surface area contributed by atoms with Crippen LogP contribution in [0.1, 0.15) is 33.6 Å². The van der Waals surface area contributed by atoms with Crippen molar-refractivity contribution in [2.24, 2.45) is 5.92 Å². The van der Waals surface area contributed by atoms with E-state index in [-0.39, 0.29) is 24.2 Å². The van der Waals surface area contributed by atoms with E-state index in [0.29, 0.717) is 16.9 Å². The standard InChI is InChI=1S/C20H22O6/c1-6-10(2)18(22)25-15-9-20(5)16(21)8-13(26-20)11(3)7-14-17(15)12(4)19(23)24-14/h6,8,14-15,17H,3-4,7,9H2,1-2,5H3/b10-6-/t14-,15+,17-,20+/m0/s1. The first-order valence-electron chi connectivity index (χ1n) is 8.53. The van der Waals surface area contributed by atoms with Crippen molar-refractivity contribution in [3.63, 3.8) is 0 Å². The van der Waals surface area contributed by atoms with Gasteiger partial charge in [-0.2, -0.15) is 0 Å². The van der Waals surface area contributed by atoms with Gasteiger partial charge in [0, 0.05) is 30.1 Å². The fourth-order valence-corrected chi connectivity index (χ4v) is 3.51. The smallest absolute Gasteiger partial charge is 0.334 e. The lowest BCUT2D eigenvalue weighted by Crippen LogP contribution is -2.43. The van der Waals surface area contributed by atoms with Crippen molar-refractivity contribution in [3.8, 4) is 0 Å². The Morgan fingerprint density at radius 2 is 2.08 bits per heavy atom. The molecular weight excluding hydrogens is 336 g/mol. The van der Waals surface area contributed by atoms with Crippen LogP contribution in [0.25, 0.3) is 0 Å². The molecule has 2 fully saturated rings. The van der Waals surface area contributed by atoms with Crippen LogP contribution in [0.2, 0.25) is 0 Å². The Hall–Kier alpha value is -2.63. The molecule has 0 aromatic heterocycles. The highest BCUT2D eigenvalue weighted by atomic mass is 16.6. The Morgan fingerprint density at radius 3 is 2.73 bits per heavy atom. The Morgan fingerprint density at radius 1 is 1.38 bits per heavy atom. The first-order valence-corrected chi connectivity index (χ1v) is 8.53. The molecule has 0 radical (unpaired) electrons. The maximum atomic E-state index is 12.5. The van der Waals surface area contributed by atoms with Gasteiger partial charge in [0.05, 0.1) is 5.92 Å². The van der Waals surface area contributed by atoms with Crippen molar-refractivity contribution in [1.82, 2.24) is 0 Å². The number of esters is 2. The van der Waals surface area contributed by atoms with Gasteiger partial charge in [-0.1, -0.05) is 19.2 Å². The Balaban J connectivity index is 2.02. The zero-order valence-corrected chi connectivity index (χ0v) is 15.2. The van der Waals surface area contributed by atoms with Crippen LogP contribution in [0.3, 0.4) is 0 Å². The molecule has 6 heteroatoms. The predicted octanol–water partition coefficient (Wildman–Crippen LogP) is 2.55. The third kappa shape index (κ3) is 2.89. The number of fused-ring (bicyclic) bond motifs is 3. The number of rotatable bonds is 2. The maximum Gasteiger partial charge on any atom is 0.334 e. The second-order valence-electron chi connectivity index (χ2n) is 7.13. The Labute approximate surface area is 152 Å². The first-order chi connectivity index (χ1) is 12.2. The number of carbonyl (C=O) groups excluding carboxylic acids is 3. The summed E-state index contributed by atoms with van der Waals surface area (Å²) in [5.41, 5.74) is 0.0514. The average molecular weight is 358 g/mol. The van der Waals surface area contributed by atoms with E-state index in [1.165, 1.54) is 6.08 Å². The van der Waals surface area contributed by atoms with E-state index in [4.69, 9.17) is 14.2 Å². The van der Waals surface area contributed by atoms with Crippen LogP contribution < -0.4 is 0 Å². The van der Waals surface area contributed by atoms with E-state index in [2.05, 4.69) is 13.2 Å². The molecule has 6 nitrogen and oxygen atoms in total. The first kappa shape index (κ1) is 18.2. The van der Waals surface area contributed by atoms with Crippen LogP contribution >= 0.6 is 0 Å². The summed E-state index contributed by atoms with van der Waals surface area (Å²) < 4.78 is 17.0. The van der Waals surface area contributed by atoms with Crippen LogP contribution in [0.4, 0.5) is 0 Å². The van der Waals surface area contributed by atoms with Crippen molar-refractivity contribution < 1.29 is 28.6 Å². The minimum absolute atomic E-state index is 0.0959. The molecule has 0 aromatic rings. The molecule has 0 amide bonds. The summed E-state index contributed by atoms with van der Waals surface area (Å²) in [6.45, 7) is 12.8. The summed E-state index contributed by atoms with van der Waals surface area (Å²) in [5, 5.41) is 0. The van der Waals surface area contributed by atoms with Gasteiger partial charge in [0.1, 0.15) is 18.0 Å². The van der Waals surface area contributed by atoms with E-state index in [9.17, 15) is 14.4 Å². The Bertz CT molecular complexity index is 786. The van der Waals surface area contributed by atoms with Gasteiger partial charge in [0.25, 0.3) is 0 Å². The highest BCUT2D eigenvalue weighted by molar-refractivity contribution is 6.00. The minimum atomic E-state index is -1.19. The monoisotopic (exact) mass is 358 g/mol. The summed E-state index contributed by atoms with van der Waals surface area (Å²) in [7, 11) is 0. The quantitative estimate of drug-likeness (QED) is 0.558. The van der Waals surface area contributed by atoms with Crippen LogP contribution in [0.15, 0.2) is 47.8 Å². The Kier molecular flexibility index (Phi) is 4.38. The van der Waals surface area contributed by atoms with Crippen molar-refractivity contribution in [2.45, 2.75) is 51.4 Å². The van der Waals surface area contributed by atoms with Gasteiger partial charge >= 0.3 is 11.9 Å². The molecule has 2 bridgehead atoms. The highest BCUT2D eigenvalue weighted by Crippen LogP contribution is 2.44. The number of ketones is 1. The van der Waals surface area contributed by atoms with Gasteiger partial charge in [-0.15, -0.1) is 0 Å². The number of hydrogen-bond acceptors (Lipinski definition) is 6. The lowest BCUT2D eigenvalue weighted by atomic mass is 9.81. The van der Waals surface area contributed by atoms with E-state index in [1.54, 1.807) is 26.8 Å². The van der Waals surface area contributed by atoms with Crippen molar-refractivity contribution in [3.05, 3.63) is 47.8 Å². The third-order valence-corrected chi connectivity index (χ3v) is 5.24. The van der Waals surface area contributed by atoms with Crippen molar-refractivity contribution in [2.75, 3.05) is 0 Å². The van der Waals surface area contributed by atoms with Gasteiger partial charge < -0.3 is 14.2 Å². The van der Waals surface area contributed by atoms with Gasteiger partial charge in [0.2, 0.25) is 5.78 Å². The number of hydrogen-bond donors (Lipinski definition) is 0. The molecule has 4 atom stereocenters. The molecule has 0 N–H and O–H groups in total. The molecule has 3 heterocycles. The molecule has 0 saturated carbocycles. The molecule has 2 saturated heterocycles. The minimum Gasteiger partial charge on any atom is -0.479 e. The van der Waals surface area contributed by atoms with Crippen LogP contribution in [-0.2, 0) is 28.6 Å². The van der Waals surface area contributed by atoms with Crippen LogP contribution in [0.5, 0.6) is 0 Å². The number of allylic oxidation sites excluding steroid dienone is 2. The molecule has 3 aliphatic heterocycles. The fourth-order valence-electron chi connectivity index (χ4n) is 3.51. The molecule has 3 aliphatic rings. The molecule has 0 spiro atoms. The van der Waals surface area contributed by atoms with E-state index in [0.717, 1.165) is 0 Å². The predicted molar refractivity (Wildman–Crippen MR) is 92.8 cm³/mol. The van der Waals surface area contributed by atoms with E-state index in [1.807, 2.05) is 0 Å². The lowest BCUT2D eigenvalue weighted by Gasteiger charge is -2.31. The molecule has 26 heavy (non-hydrogen) atoms. The van der Waals surface area contributed by atoms with Gasteiger partial charge in [-0.3, -0.25) is 4.79 Å². The summed E-state index contributed by atoms with van der Waals surface area (Å²) in [4.78, 5) is 36.9. The molecule has 0 aromatic carbocycles. The van der Waals surface area contributed by atoms with Crippen molar-refractivity contribution in [1.29, 1.82) is 0 Å². The molecule has 3 rings (SSSR count). The second-order valence-corrected chi connectivity index (χ2v) is 7.13. The number of carbonyl (C=O) groups is 3. The zero-order chi connectivity index (χ0) is 19.2.